The number of methoxy groups -OCH3 is 1. The van der Waals surface area contributed by atoms with Crippen LogP contribution >= 0.6 is 0 Å². The zero-order chi connectivity index (χ0) is 32.3. The van der Waals surface area contributed by atoms with E-state index in [2.05, 4.69) is 25.2 Å². The zero-order valence-electron chi connectivity index (χ0n) is 24.0. The van der Waals surface area contributed by atoms with Gasteiger partial charge in [-0.15, -0.1) is 0 Å². The maximum Gasteiger partial charge on any atom is 0.435 e. The number of hydrogen-bond donors (Lipinski definition) is 2. The van der Waals surface area contributed by atoms with Crippen LogP contribution in [0.2, 0.25) is 0 Å². The first-order chi connectivity index (χ1) is 20.6. The molecule has 4 rings (SSSR count). The number of rotatable bonds is 9. The van der Waals surface area contributed by atoms with E-state index in [4.69, 9.17) is 10.3 Å². The van der Waals surface area contributed by atoms with Gasteiger partial charge in [-0.3, -0.25) is 4.79 Å². The molecule has 0 aliphatic heterocycles. The number of hydrogen-bond acceptors (Lipinski definition) is 6. The van der Waals surface area contributed by atoms with Gasteiger partial charge >= 0.3 is 6.18 Å². The minimum Gasteiger partial charge on any atom is -0.497 e. The maximum atomic E-state index is 13.7. The van der Waals surface area contributed by atoms with Gasteiger partial charge < -0.3 is 10.1 Å². The molecule has 44 heavy (non-hydrogen) atoms. The first-order valence-electron chi connectivity index (χ1n) is 13.0. The average molecular weight is 628 g/mol. The molecule has 0 saturated carbocycles. The van der Waals surface area contributed by atoms with E-state index in [0.717, 1.165) is 4.68 Å². The number of benzene rings is 3. The zero-order valence-corrected chi connectivity index (χ0v) is 24.9. The van der Waals surface area contributed by atoms with E-state index >= 15 is 0 Å². The van der Waals surface area contributed by atoms with Crippen molar-refractivity contribution in [2.75, 3.05) is 12.4 Å². The molecule has 0 spiro atoms. The highest BCUT2D eigenvalue weighted by atomic mass is 32.2. The Morgan fingerprint density at radius 1 is 1.05 bits per heavy atom. The van der Waals surface area contributed by atoms with Crippen LogP contribution in [0.15, 0.2) is 82.8 Å². The van der Waals surface area contributed by atoms with Crippen molar-refractivity contribution in [2.24, 2.45) is 5.11 Å². The fourth-order valence-corrected chi connectivity index (χ4v) is 5.97. The Morgan fingerprint density at radius 3 is 2.34 bits per heavy atom. The number of alkyl halides is 3. The van der Waals surface area contributed by atoms with Crippen molar-refractivity contribution in [3.8, 4) is 22.6 Å². The van der Waals surface area contributed by atoms with Gasteiger partial charge in [0.2, 0.25) is 10.0 Å². The highest BCUT2D eigenvalue weighted by molar-refractivity contribution is 7.89. The molecule has 0 unspecified atom stereocenters. The monoisotopic (exact) mass is 627 g/mol. The quantitative estimate of drug-likeness (QED) is 0.120. The third-order valence-corrected chi connectivity index (χ3v) is 7.94. The Kier molecular flexibility index (Phi) is 9.04. The molecule has 1 heterocycles. The van der Waals surface area contributed by atoms with E-state index in [1.807, 2.05) is 0 Å². The Bertz CT molecular complexity index is 1840. The topological polar surface area (TPSA) is 151 Å². The number of ether oxygens (including phenoxy) is 1. The lowest BCUT2D eigenvalue weighted by Crippen LogP contribution is -2.40. The number of carbonyl (C=O) groups excluding carboxylic acids is 1. The van der Waals surface area contributed by atoms with E-state index in [1.165, 1.54) is 43.5 Å². The molecule has 0 fully saturated rings. The summed E-state index contributed by atoms with van der Waals surface area (Å²) in [6, 6.07) is 17.5. The third-order valence-electron chi connectivity index (χ3n) is 6.12. The summed E-state index contributed by atoms with van der Waals surface area (Å²) < 4.78 is 75.8. The molecule has 1 aromatic heterocycles. The summed E-state index contributed by atoms with van der Waals surface area (Å²) in [6.07, 6.45) is -4.85. The van der Waals surface area contributed by atoms with Gasteiger partial charge in [-0.2, -0.15) is 18.3 Å². The van der Waals surface area contributed by atoms with Crippen molar-refractivity contribution < 1.29 is 31.1 Å². The molecule has 230 valence electrons. The van der Waals surface area contributed by atoms with Gasteiger partial charge in [-0.1, -0.05) is 35.4 Å². The minimum absolute atomic E-state index is 0.0614. The van der Waals surface area contributed by atoms with Gasteiger partial charge in [-0.05, 0) is 73.8 Å². The maximum absolute atomic E-state index is 13.7. The Labute approximate surface area is 251 Å². The molecule has 3 aromatic carbocycles. The van der Waals surface area contributed by atoms with Crippen LogP contribution in [0, 0.1) is 0 Å². The lowest BCUT2D eigenvalue weighted by Gasteiger charge is -2.21. The number of aromatic nitrogens is 2. The predicted molar refractivity (Wildman–Crippen MR) is 158 cm³/mol. The molecule has 0 atom stereocenters. The number of amides is 1. The van der Waals surface area contributed by atoms with Gasteiger partial charge in [0.25, 0.3) is 5.91 Å². The van der Waals surface area contributed by atoms with Crippen molar-refractivity contribution in [1.29, 1.82) is 0 Å². The van der Waals surface area contributed by atoms with Gasteiger partial charge in [0.15, 0.2) is 5.69 Å². The second kappa shape index (κ2) is 12.4. The molecule has 0 aliphatic carbocycles. The highest BCUT2D eigenvalue weighted by Gasteiger charge is 2.36. The van der Waals surface area contributed by atoms with E-state index in [9.17, 15) is 26.4 Å². The number of nitrogens with zero attached hydrogens (tertiary/aromatic N) is 5. The fourth-order valence-electron chi connectivity index (χ4n) is 4.32. The van der Waals surface area contributed by atoms with E-state index in [1.54, 1.807) is 51.1 Å². The van der Waals surface area contributed by atoms with Gasteiger partial charge in [0, 0.05) is 27.8 Å². The molecule has 0 saturated heterocycles. The van der Waals surface area contributed by atoms with Crippen LogP contribution in [0.4, 0.5) is 18.9 Å². The number of halogens is 3. The highest BCUT2D eigenvalue weighted by Crippen LogP contribution is 2.32. The Morgan fingerprint density at radius 2 is 1.73 bits per heavy atom. The summed E-state index contributed by atoms with van der Waals surface area (Å²) in [7, 11) is -2.48. The second-order valence-corrected chi connectivity index (χ2v) is 12.2. The molecular formula is C29H28F3N7O4S. The minimum atomic E-state index is -4.85. The number of sulfonamides is 1. The van der Waals surface area contributed by atoms with Crippen molar-refractivity contribution >= 4 is 21.6 Å². The first kappa shape index (κ1) is 32.1. The lowest BCUT2D eigenvalue weighted by molar-refractivity contribution is -0.141. The lowest BCUT2D eigenvalue weighted by atomic mass is 10.1. The van der Waals surface area contributed by atoms with Crippen LogP contribution in [-0.2, 0) is 22.7 Å². The number of carbonyl (C=O) groups is 1. The molecule has 2 N–H and O–H groups in total. The van der Waals surface area contributed by atoms with Gasteiger partial charge in [0.1, 0.15) is 11.4 Å². The first-order valence-corrected chi connectivity index (χ1v) is 14.5. The summed E-state index contributed by atoms with van der Waals surface area (Å²) in [5.74, 6) is -0.543. The third kappa shape index (κ3) is 7.37. The standard InChI is InChI=1S/C29H28F3N7O4S/c1-28(2,3)37-44(41,42)25-8-6-5-7-22(25)18-9-11-20(12-10-18)35-27(40)24-16-26(29(30,31)32)36-39(24)23-14-13-21(43-4)15-19(23)17-34-38-33/h5-16,37H,17H2,1-4H3,(H,35,40). The van der Waals surface area contributed by atoms with Crippen molar-refractivity contribution in [3.63, 3.8) is 0 Å². The summed E-state index contributed by atoms with van der Waals surface area (Å²) in [5.41, 5.74) is 7.87. The van der Waals surface area contributed by atoms with Crippen molar-refractivity contribution in [1.82, 2.24) is 14.5 Å². The average Bonchev–Trinajstić information content (AvgIpc) is 3.41. The molecule has 0 bridgehead atoms. The Hall–Kier alpha value is -4.85. The molecular weight excluding hydrogens is 599 g/mol. The SMILES string of the molecule is COc1ccc(-n2nc(C(F)(F)F)cc2C(=O)Nc2ccc(-c3ccccc3S(=O)(=O)NC(C)(C)C)cc2)c(CN=[N+]=[N-])c1. The summed E-state index contributed by atoms with van der Waals surface area (Å²) in [4.78, 5) is 16.1. The van der Waals surface area contributed by atoms with E-state index < -0.39 is 39.0 Å². The van der Waals surface area contributed by atoms with Gasteiger partial charge in [0.05, 0.1) is 24.2 Å². The van der Waals surface area contributed by atoms with Crippen molar-refractivity contribution in [3.05, 3.63) is 100 Å². The van der Waals surface area contributed by atoms with Crippen LogP contribution in [0.1, 0.15) is 42.5 Å². The van der Waals surface area contributed by atoms with Crippen LogP contribution in [-0.4, -0.2) is 36.8 Å². The summed E-state index contributed by atoms with van der Waals surface area (Å²) >= 11 is 0. The van der Waals surface area contributed by atoms with E-state index in [0.29, 0.717) is 22.9 Å². The van der Waals surface area contributed by atoms with Crippen LogP contribution in [0.25, 0.3) is 27.3 Å². The van der Waals surface area contributed by atoms with Crippen LogP contribution in [0.3, 0.4) is 0 Å². The number of nitrogens with one attached hydrogen (secondary N) is 2. The van der Waals surface area contributed by atoms with Crippen LogP contribution in [0.5, 0.6) is 5.75 Å². The molecule has 1 amide bonds. The predicted octanol–water partition coefficient (Wildman–Crippen LogP) is 6.71. The fraction of sp³-hybridized carbons (Fsp3) is 0.241. The summed E-state index contributed by atoms with van der Waals surface area (Å²) in [5, 5.41) is 9.70. The molecule has 0 radical (unpaired) electrons. The normalized spacial score (nSPS) is 12.0. The van der Waals surface area contributed by atoms with E-state index in [-0.39, 0.29) is 28.4 Å². The van der Waals surface area contributed by atoms with Gasteiger partial charge in [-0.25, -0.2) is 17.8 Å². The molecule has 15 heteroatoms. The molecule has 0 aliphatic rings. The van der Waals surface area contributed by atoms with Crippen LogP contribution < -0.4 is 14.8 Å². The molecule has 4 aromatic rings. The Balaban J connectivity index is 1.69. The number of anilines is 1. The molecule has 11 nitrogen and oxygen atoms in total. The van der Waals surface area contributed by atoms with Crippen molar-refractivity contribution in [2.45, 2.75) is 43.9 Å². The largest absolute Gasteiger partial charge is 0.497 e. The second-order valence-electron chi connectivity index (χ2n) is 10.6. The number of azide groups is 1. The summed E-state index contributed by atoms with van der Waals surface area (Å²) in [6.45, 7) is 4.94. The smallest absolute Gasteiger partial charge is 0.435 e.